The Hall–Kier alpha value is -1.26. The fourth-order valence-electron chi connectivity index (χ4n) is 2.89. The minimum atomic E-state index is -0.176. The summed E-state index contributed by atoms with van der Waals surface area (Å²) < 4.78 is 13.8. The Morgan fingerprint density at radius 1 is 1.14 bits per heavy atom. The highest BCUT2D eigenvalue weighted by atomic mass is 32.1. The lowest BCUT2D eigenvalue weighted by atomic mass is 10.1. The smallest absolute Gasteiger partial charge is 0.131 e. The van der Waals surface area contributed by atoms with Crippen molar-refractivity contribution in [3.05, 3.63) is 41.3 Å². The van der Waals surface area contributed by atoms with E-state index in [0.717, 1.165) is 16.4 Å². The monoisotopic (exact) mass is 304 g/mol. The van der Waals surface area contributed by atoms with Crippen LogP contribution in [0.15, 0.2) is 30.5 Å². The first-order chi connectivity index (χ1) is 10.3. The maximum atomic E-state index is 13.8. The minimum absolute atomic E-state index is 0.176. The lowest BCUT2D eigenvalue weighted by Crippen LogP contribution is -2.27. The van der Waals surface area contributed by atoms with Crippen LogP contribution in [-0.4, -0.2) is 11.0 Å². The molecule has 1 heterocycles. The molecule has 0 bridgehead atoms. The molecule has 112 valence electrons. The molecule has 1 aromatic heterocycles. The zero-order valence-electron chi connectivity index (χ0n) is 12.1. The molecule has 1 N–H and O–H groups in total. The minimum Gasteiger partial charge on any atom is -0.308 e. The zero-order valence-corrected chi connectivity index (χ0v) is 13.0. The van der Waals surface area contributed by atoms with Gasteiger partial charge in [-0.05, 0) is 18.9 Å². The third-order valence-electron chi connectivity index (χ3n) is 4.09. The summed E-state index contributed by atoms with van der Waals surface area (Å²) in [4.78, 5) is 5.34. The van der Waals surface area contributed by atoms with Crippen molar-refractivity contribution < 1.29 is 4.39 Å². The molecule has 0 atom stereocenters. The SMILES string of the molecule is Fc1ccccc1-c1cnc(CNC2CCCCCC2)s1. The van der Waals surface area contributed by atoms with Gasteiger partial charge < -0.3 is 5.32 Å². The summed E-state index contributed by atoms with van der Waals surface area (Å²) in [5.74, 6) is -0.176. The van der Waals surface area contributed by atoms with Crippen LogP contribution in [0.4, 0.5) is 4.39 Å². The van der Waals surface area contributed by atoms with Crippen molar-refractivity contribution in [1.29, 1.82) is 0 Å². The summed E-state index contributed by atoms with van der Waals surface area (Å²) in [5.41, 5.74) is 0.649. The number of benzene rings is 1. The number of hydrogen-bond donors (Lipinski definition) is 1. The summed E-state index contributed by atoms with van der Waals surface area (Å²) in [7, 11) is 0. The molecule has 0 radical (unpaired) electrons. The third kappa shape index (κ3) is 3.89. The van der Waals surface area contributed by atoms with Gasteiger partial charge in [0.1, 0.15) is 10.8 Å². The molecule has 1 aromatic carbocycles. The molecule has 1 fully saturated rings. The molecular formula is C17H21FN2S. The van der Waals surface area contributed by atoms with Crippen LogP contribution in [0.3, 0.4) is 0 Å². The highest BCUT2D eigenvalue weighted by Gasteiger charge is 2.13. The van der Waals surface area contributed by atoms with Crippen molar-refractivity contribution in [3.63, 3.8) is 0 Å². The summed E-state index contributed by atoms with van der Waals surface area (Å²) in [6.45, 7) is 0.795. The summed E-state index contributed by atoms with van der Waals surface area (Å²) in [6.07, 6.45) is 9.72. The Labute approximate surface area is 129 Å². The molecule has 21 heavy (non-hydrogen) atoms. The summed E-state index contributed by atoms with van der Waals surface area (Å²) in [6, 6.07) is 7.51. The first-order valence-corrected chi connectivity index (χ1v) is 8.57. The van der Waals surface area contributed by atoms with Gasteiger partial charge in [-0.15, -0.1) is 11.3 Å². The second-order valence-electron chi connectivity index (χ2n) is 5.67. The number of nitrogens with one attached hydrogen (secondary N) is 1. The summed E-state index contributed by atoms with van der Waals surface area (Å²) in [5, 5.41) is 4.65. The van der Waals surface area contributed by atoms with Gasteiger partial charge in [0.2, 0.25) is 0 Å². The Morgan fingerprint density at radius 3 is 2.67 bits per heavy atom. The molecule has 1 saturated carbocycles. The number of rotatable bonds is 4. The number of aromatic nitrogens is 1. The van der Waals surface area contributed by atoms with Crippen LogP contribution in [-0.2, 0) is 6.54 Å². The predicted octanol–water partition coefficient (Wildman–Crippen LogP) is 4.76. The highest BCUT2D eigenvalue weighted by molar-refractivity contribution is 7.15. The van der Waals surface area contributed by atoms with Gasteiger partial charge >= 0.3 is 0 Å². The van der Waals surface area contributed by atoms with Crippen LogP contribution in [0.2, 0.25) is 0 Å². The fourth-order valence-corrected chi connectivity index (χ4v) is 3.79. The molecule has 0 unspecified atom stereocenters. The van der Waals surface area contributed by atoms with Crippen LogP contribution in [0.5, 0.6) is 0 Å². The average molecular weight is 304 g/mol. The van der Waals surface area contributed by atoms with Gasteiger partial charge in [-0.1, -0.05) is 43.9 Å². The summed E-state index contributed by atoms with van der Waals surface area (Å²) >= 11 is 1.58. The molecule has 2 aromatic rings. The topological polar surface area (TPSA) is 24.9 Å². The Bertz CT molecular complexity index is 574. The molecule has 1 aliphatic carbocycles. The Balaban J connectivity index is 1.61. The zero-order chi connectivity index (χ0) is 14.5. The molecule has 4 heteroatoms. The first kappa shape index (κ1) is 14.7. The van der Waals surface area contributed by atoms with E-state index in [1.54, 1.807) is 23.6 Å². The van der Waals surface area contributed by atoms with Gasteiger partial charge in [-0.2, -0.15) is 0 Å². The van der Waals surface area contributed by atoms with E-state index in [0.29, 0.717) is 11.6 Å². The number of halogens is 1. The van der Waals surface area contributed by atoms with Crippen molar-refractivity contribution in [3.8, 4) is 10.4 Å². The number of thiazole rings is 1. The van der Waals surface area contributed by atoms with E-state index in [1.165, 1.54) is 44.6 Å². The fraction of sp³-hybridized carbons (Fsp3) is 0.471. The van der Waals surface area contributed by atoms with Gasteiger partial charge in [-0.3, -0.25) is 0 Å². The lowest BCUT2D eigenvalue weighted by molar-refractivity contribution is 0.458. The van der Waals surface area contributed by atoms with E-state index in [1.807, 2.05) is 12.1 Å². The van der Waals surface area contributed by atoms with Gasteiger partial charge in [0, 0.05) is 24.3 Å². The van der Waals surface area contributed by atoms with E-state index in [-0.39, 0.29) is 5.82 Å². The molecule has 0 saturated heterocycles. The molecule has 0 aliphatic heterocycles. The van der Waals surface area contributed by atoms with Crippen LogP contribution in [0.25, 0.3) is 10.4 Å². The third-order valence-corrected chi connectivity index (χ3v) is 5.12. The van der Waals surface area contributed by atoms with E-state index in [9.17, 15) is 4.39 Å². The van der Waals surface area contributed by atoms with Gasteiger partial charge in [0.05, 0.1) is 4.88 Å². The molecule has 0 amide bonds. The molecule has 1 aliphatic rings. The molecule has 2 nitrogen and oxygen atoms in total. The number of hydrogen-bond acceptors (Lipinski definition) is 3. The van der Waals surface area contributed by atoms with E-state index in [2.05, 4.69) is 10.3 Å². The van der Waals surface area contributed by atoms with E-state index >= 15 is 0 Å². The van der Waals surface area contributed by atoms with Crippen molar-refractivity contribution in [2.24, 2.45) is 0 Å². The Kier molecular flexibility index (Phi) is 4.99. The second-order valence-corrected chi connectivity index (χ2v) is 6.78. The second kappa shape index (κ2) is 7.14. The van der Waals surface area contributed by atoms with Crippen LogP contribution >= 0.6 is 11.3 Å². The van der Waals surface area contributed by atoms with Crippen molar-refractivity contribution in [2.45, 2.75) is 51.1 Å². The van der Waals surface area contributed by atoms with E-state index < -0.39 is 0 Å². The van der Waals surface area contributed by atoms with Crippen molar-refractivity contribution in [2.75, 3.05) is 0 Å². The lowest BCUT2D eigenvalue weighted by Gasteiger charge is -2.14. The van der Waals surface area contributed by atoms with Crippen molar-refractivity contribution >= 4 is 11.3 Å². The highest BCUT2D eigenvalue weighted by Crippen LogP contribution is 2.28. The van der Waals surface area contributed by atoms with Crippen molar-refractivity contribution in [1.82, 2.24) is 10.3 Å². The molecule has 3 rings (SSSR count). The maximum absolute atomic E-state index is 13.8. The molecule has 0 spiro atoms. The normalized spacial score (nSPS) is 16.8. The van der Waals surface area contributed by atoms with Gasteiger partial charge in [0.15, 0.2) is 0 Å². The van der Waals surface area contributed by atoms with Gasteiger partial charge in [0.25, 0.3) is 0 Å². The van der Waals surface area contributed by atoms with Gasteiger partial charge in [-0.25, -0.2) is 9.37 Å². The standard InChI is InChI=1S/C17H21FN2S/c18-15-10-6-5-9-14(15)16-11-20-17(21-16)12-19-13-7-3-1-2-4-8-13/h5-6,9-11,13,19H,1-4,7-8,12H2. The average Bonchev–Trinajstić information content (AvgIpc) is 2.81. The Morgan fingerprint density at radius 2 is 1.90 bits per heavy atom. The molecular weight excluding hydrogens is 283 g/mol. The van der Waals surface area contributed by atoms with E-state index in [4.69, 9.17) is 0 Å². The first-order valence-electron chi connectivity index (χ1n) is 7.76. The van der Waals surface area contributed by atoms with Crippen LogP contribution in [0.1, 0.15) is 43.5 Å². The maximum Gasteiger partial charge on any atom is 0.131 e. The van der Waals surface area contributed by atoms with Crippen LogP contribution in [0, 0.1) is 5.82 Å². The predicted molar refractivity (Wildman–Crippen MR) is 85.8 cm³/mol. The number of nitrogens with zero attached hydrogens (tertiary/aromatic N) is 1. The van der Waals surface area contributed by atoms with Crippen LogP contribution < -0.4 is 5.32 Å². The largest absolute Gasteiger partial charge is 0.308 e. The quantitative estimate of drug-likeness (QED) is 0.824.